The van der Waals surface area contributed by atoms with Crippen molar-refractivity contribution in [3.63, 3.8) is 0 Å². The summed E-state index contributed by atoms with van der Waals surface area (Å²) in [5, 5.41) is 2.73. The van der Waals surface area contributed by atoms with E-state index < -0.39 is 15.8 Å². The van der Waals surface area contributed by atoms with Gasteiger partial charge in [0.15, 0.2) is 0 Å². The zero-order valence-corrected chi connectivity index (χ0v) is 14.1. The maximum absolute atomic E-state index is 13.3. The van der Waals surface area contributed by atoms with Crippen molar-refractivity contribution in [1.82, 2.24) is 5.32 Å². The highest BCUT2D eigenvalue weighted by molar-refractivity contribution is 7.92. The smallest absolute Gasteiger partial charge is 0.232 e. The molecule has 24 heavy (non-hydrogen) atoms. The van der Waals surface area contributed by atoms with E-state index in [2.05, 4.69) is 5.32 Å². The number of nitrogens with zero attached hydrogens (tertiary/aromatic N) is 1. The highest BCUT2D eigenvalue weighted by atomic mass is 32.2. The number of carbonyl (C=O) groups excluding carboxylic acids is 1. The van der Waals surface area contributed by atoms with Crippen LogP contribution in [0.15, 0.2) is 54.6 Å². The van der Waals surface area contributed by atoms with E-state index in [1.165, 1.54) is 18.2 Å². The number of sulfonamides is 1. The molecule has 1 N–H and O–H groups in total. The third kappa shape index (κ3) is 5.34. The number of benzene rings is 2. The standard InChI is InChI=1S/C17H19FN2O3S/c1-24(22,23)20(16-9-5-8-15(18)12-16)11-10-17(21)19-13-14-6-3-2-4-7-14/h2-9,12H,10-11,13H2,1H3,(H,19,21). The molecule has 2 aromatic rings. The number of anilines is 1. The fourth-order valence-corrected chi connectivity index (χ4v) is 3.13. The minimum absolute atomic E-state index is 0.0174. The van der Waals surface area contributed by atoms with Crippen LogP contribution >= 0.6 is 0 Å². The molecule has 0 heterocycles. The molecule has 0 radical (unpaired) electrons. The van der Waals surface area contributed by atoms with Gasteiger partial charge < -0.3 is 5.32 Å². The van der Waals surface area contributed by atoms with Gasteiger partial charge in [0.05, 0.1) is 11.9 Å². The summed E-state index contributed by atoms with van der Waals surface area (Å²) in [5.74, 6) is -0.807. The van der Waals surface area contributed by atoms with Gasteiger partial charge in [-0.15, -0.1) is 0 Å². The molecule has 0 unspecified atom stereocenters. The third-order valence-corrected chi connectivity index (χ3v) is 4.57. The second kappa shape index (κ2) is 7.92. The van der Waals surface area contributed by atoms with Crippen molar-refractivity contribution in [3.8, 4) is 0 Å². The first kappa shape index (κ1) is 17.9. The molecule has 0 bridgehead atoms. The predicted molar refractivity (Wildman–Crippen MR) is 91.5 cm³/mol. The number of carbonyl (C=O) groups is 1. The molecule has 0 saturated heterocycles. The largest absolute Gasteiger partial charge is 0.352 e. The Morgan fingerprint density at radius 2 is 1.83 bits per heavy atom. The van der Waals surface area contributed by atoms with E-state index in [0.29, 0.717) is 6.54 Å². The highest BCUT2D eigenvalue weighted by Crippen LogP contribution is 2.18. The Morgan fingerprint density at radius 1 is 1.12 bits per heavy atom. The fourth-order valence-electron chi connectivity index (χ4n) is 2.21. The molecule has 0 fully saturated rings. The van der Waals surface area contributed by atoms with Gasteiger partial charge >= 0.3 is 0 Å². The molecular formula is C17H19FN2O3S. The lowest BCUT2D eigenvalue weighted by atomic mass is 10.2. The SMILES string of the molecule is CS(=O)(=O)N(CCC(=O)NCc1ccccc1)c1cccc(F)c1. The minimum Gasteiger partial charge on any atom is -0.352 e. The molecule has 5 nitrogen and oxygen atoms in total. The zero-order chi connectivity index (χ0) is 17.6. The van der Waals surface area contributed by atoms with Crippen molar-refractivity contribution in [2.45, 2.75) is 13.0 Å². The molecule has 0 aliphatic carbocycles. The predicted octanol–water partition coefficient (Wildman–Crippen LogP) is 2.30. The van der Waals surface area contributed by atoms with Crippen LogP contribution in [0.4, 0.5) is 10.1 Å². The van der Waals surface area contributed by atoms with Gasteiger partial charge in [-0.25, -0.2) is 12.8 Å². The average molecular weight is 350 g/mol. The van der Waals surface area contributed by atoms with Gasteiger partial charge in [0, 0.05) is 19.5 Å². The summed E-state index contributed by atoms with van der Waals surface area (Å²) < 4.78 is 38.2. The Hall–Kier alpha value is -2.41. The van der Waals surface area contributed by atoms with E-state index >= 15 is 0 Å². The van der Waals surface area contributed by atoms with Crippen LogP contribution in [0.3, 0.4) is 0 Å². The number of hydrogen-bond donors (Lipinski definition) is 1. The Bertz CT molecular complexity index is 794. The molecular weight excluding hydrogens is 331 g/mol. The Labute approximate surface area is 141 Å². The van der Waals surface area contributed by atoms with Crippen molar-refractivity contribution >= 4 is 21.6 Å². The van der Waals surface area contributed by atoms with Crippen LogP contribution in [-0.4, -0.2) is 27.1 Å². The van der Waals surface area contributed by atoms with Crippen molar-refractivity contribution in [2.75, 3.05) is 17.1 Å². The van der Waals surface area contributed by atoms with Crippen LogP contribution in [0.5, 0.6) is 0 Å². The number of rotatable bonds is 7. The minimum atomic E-state index is -3.61. The summed E-state index contributed by atoms with van der Waals surface area (Å²) >= 11 is 0. The average Bonchev–Trinajstić information content (AvgIpc) is 2.53. The van der Waals surface area contributed by atoms with E-state index in [0.717, 1.165) is 22.2 Å². The third-order valence-electron chi connectivity index (χ3n) is 3.37. The maximum atomic E-state index is 13.3. The normalized spacial score (nSPS) is 11.1. The molecule has 0 atom stereocenters. The van der Waals surface area contributed by atoms with Crippen molar-refractivity contribution < 1.29 is 17.6 Å². The van der Waals surface area contributed by atoms with Gasteiger partial charge in [-0.1, -0.05) is 36.4 Å². The van der Waals surface area contributed by atoms with Crippen LogP contribution in [0, 0.1) is 5.82 Å². The topological polar surface area (TPSA) is 66.5 Å². The summed E-state index contributed by atoms with van der Waals surface area (Å²) in [4.78, 5) is 11.9. The van der Waals surface area contributed by atoms with Gasteiger partial charge in [0.25, 0.3) is 0 Å². The molecule has 128 valence electrons. The quantitative estimate of drug-likeness (QED) is 0.833. The van der Waals surface area contributed by atoms with Gasteiger partial charge in [-0.3, -0.25) is 9.10 Å². The van der Waals surface area contributed by atoms with E-state index in [-0.39, 0.29) is 24.6 Å². The summed E-state index contributed by atoms with van der Waals surface area (Å²) in [6.07, 6.45) is 1.01. The number of amides is 1. The van der Waals surface area contributed by atoms with Crippen LogP contribution in [0.25, 0.3) is 0 Å². The van der Waals surface area contributed by atoms with E-state index in [4.69, 9.17) is 0 Å². The second-order valence-corrected chi connectivity index (χ2v) is 7.23. The first-order valence-electron chi connectivity index (χ1n) is 7.40. The van der Waals surface area contributed by atoms with E-state index in [1.807, 2.05) is 30.3 Å². The molecule has 0 aliphatic rings. The highest BCUT2D eigenvalue weighted by Gasteiger charge is 2.19. The molecule has 0 saturated carbocycles. The summed E-state index contributed by atoms with van der Waals surface area (Å²) in [5.41, 5.74) is 1.16. The molecule has 0 spiro atoms. The van der Waals surface area contributed by atoms with Gasteiger partial charge in [0.2, 0.25) is 15.9 Å². The molecule has 2 rings (SSSR count). The molecule has 2 aromatic carbocycles. The maximum Gasteiger partial charge on any atom is 0.232 e. The van der Waals surface area contributed by atoms with Gasteiger partial charge in [-0.05, 0) is 23.8 Å². The van der Waals surface area contributed by atoms with Crippen LogP contribution in [-0.2, 0) is 21.4 Å². The van der Waals surface area contributed by atoms with Crippen molar-refractivity contribution in [1.29, 1.82) is 0 Å². The fraction of sp³-hybridized carbons (Fsp3) is 0.235. The number of hydrogen-bond acceptors (Lipinski definition) is 3. The number of halogens is 1. The first-order chi connectivity index (χ1) is 11.4. The summed E-state index contributed by atoms with van der Waals surface area (Å²) in [6, 6.07) is 14.7. The Morgan fingerprint density at radius 3 is 2.46 bits per heavy atom. The van der Waals surface area contributed by atoms with Gasteiger partial charge in [-0.2, -0.15) is 0 Å². The van der Waals surface area contributed by atoms with Crippen molar-refractivity contribution in [3.05, 3.63) is 66.0 Å². The first-order valence-corrected chi connectivity index (χ1v) is 9.25. The van der Waals surface area contributed by atoms with Crippen LogP contribution < -0.4 is 9.62 Å². The summed E-state index contributed by atoms with van der Waals surface area (Å²) in [6.45, 7) is 0.321. The second-order valence-electron chi connectivity index (χ2n) is 5.33. The van der Waals surface area contributed by atoms with Crippen molar-refractivity contribution in [2.24, 2.45) is 0 Å². The van der Waals surface area contributed by atoms with E-state index in [9.17, 15) is 17.6 Å². The number of nitrogens with one attached hydrogen (secondary N) is 1. The lowest BCUT2D eigenvalue weighted by Gasteiger charge is -2.22. The lowest BCUT2D eigenvalue weighted by Crippen LogP contribution is -2.34. The van der Waals surface area contributed by atoms with E-state index in [1.54, 1.807) is 0 Å². The molecule has 7 heteroatoms. The zero-order valence-electron chi connectivity index (χ0n) is 13.3. The Kier molecular flexibility index (Phi) is 5.92. The monoisotopic (exact) mass is 350 g/mol. The lowest BCUT2D eigenvalue weighted by molar-refractivity contribution is -0.121. The van der Waals surface area contributed by atoms with Crippen LogP contribution in [0.1, 0.15) is 12.0 Å². The molecule has 0 aromatic heterocycles. The van der Waals surface area contributed by atoms with Crippen LogP contribution in [0.2, 0.25) is 0 Å². The molecule has 1 amide bonds. The molecule has 0 aliphatic heterocycles. The summed E-state index contributed by atoms with van der Waals surface area (Å²) in [7, 11) is -3.61. The van der Waals surface area contributed by atoms with Gasteiger partial charge in [0.1, 0.15) is 5.82 Å². The Balaban J connectivity index is 1.97.